The van der Waals surface area contributed by atoms with Crippen LogP contribution in [0.1, 0.15) is 245 Å². The van der Waals surface area contributed by atoms with Crippen molar-refractivity contribution in [2.24, 2.45) is 0 Å². The second-order valence-electron chi connectivity index (χ2n) is 21.5. The van der Waals surface area contributed by atoms with E-state index in [4.69, 9.17) is 18.9 Å². The third-order valence-electron chi connectivity index (χ3n) is 14.9. The van der Waals surface area contributed by atoms with Gasteiger partial charge in [0.2, 0.25) is 5.91 Å². The molecule has 0 bridgehead atoms. The maximum atomic E-state index is 13.2. The molecule has 0 aliphatic carbocycles. The van der Waals surface area contributed by atoms with Crippen molar-refractivity contribution >= 4 is 5.91 Å². The summed E-state index contributed by atoms with van der Waals surface area (Å²) in [6.07, 6.45) is 38.7. The van der Waals surface area contributed by atoms with Crippen LogP contribution in [0.25, 0.3) is 0 Å². The van der Waals surface area contributed by atoms with Crippen LogP contribution in [0.15, 0.2) is 36.5 Å². The number of rotatable bonds is 48. The van der Waals surface area contributed by atoms with Gasteiger partial charge in [-0.3, -0.25) is 4.79 Å². The fourth-order valence-corrected chi connectivity index (χ4v) is 10.0. The summed E-state index contributed by atoms with van der Waals surface area (Å²) in [6, 6.07) is -0.838. The molecule has 9 N–H and O–H groups in total. The van der Waals surface area contributed by atoms with Gasteiger partial charge in [-0.2, -0.15) is 0 Å². The summed E-state index contributed by atoms with van der Waals surface area (Å²) in [4.78, 5) is 13.2. The summed E-state index contributed by atoms with van der Waals surface area (Å²) >= 11 is 0. The highest BCUT2D eigenvalue weighted by Gasteiger charge is 2.51. The van der Waals surface area contributed by atoms with Crippen LogP contribution in [-0.2, 0) is 23.7 Å². The number of hydrogen-bond donors (Lipinski definition) is 9. The number of ether oxygens (including phenoxy) is 4. The molecule has 0 spiro atoms. The monoisotopic (exact) mass is 1050 g/mol. The molecule has 14 nitrogen and oxygen atoms in total. The molecule has 2 aliphatic rings. The largest absolute Gasteiger partial charge is 0.394 e. The summed E-state index contributed by atoms with van der Waals surface area (Å²) in [5.74, 6) is -0.222. The average molecular weight is 1050 g/mol. The lowest BCUT2D eigenvalue weighted by Crippen LogP contribution is -2.65. The molecule has 0 aromatic rings. The van der Waals surface area contributed by atoms with E-state index in [1.165, 1.54) is 135 Å². The molecule has 2 aliphatic heterocycles. The minimum absolute atomic E-state index is 0.222. The zero-order valence-electron chi connectivity index (χ0n) is 46.6. The summed E-state index contributed by atoms with van der Waals surface area (Å²) in [5, 5.41) is 87.2. The summed E-state index contributed by atoms with van der Waals surface area (Å²) < 4.78 is 22.8. The molecule has 2 heterocycles. The van der Waals surface area contributed by atoms with Crippen molar-refractivity contribution in [1.82, 2.24) is 5.32 Å². The van der Waals surface area contributed by atoms with Crippen LogP contribution in [0.5, 0.6) is 0 Å². The van der Waals surface area contributed by atoms with Gasteiger partial charge >= 0.3 is 0 Å². The number of unbranched alkanes of at least 4 members (excludes halogenated alkanes) is 29. The van der Waals surface area contributed by atoms with Crippen LogP contribution < -0.4 is 5.32 Å². The number of carbonyl (C=O) groups excluding carboxylic acids is 1. The molecule has 0 radical (unpaired) electrons. The Morgan fingerprint density at radius 1 is 0.500 bits per heavy atom. The van der Waals surface area contributed by atoms with Gasteiger partial charge in [-0.1, -0.05) is 230 Å². The maximum Gasteiger partial charge on any atom is 0.220 e. The molecule has 12 unspecified atom stereocenters. The van der Waals surface area contributed by atoms with Crippen molar-refractivity contribution in [2.75, 3.05) is 19.8 Å². The first-order chi connectivity index (χ1) is 36.1. The average Bonchev–Trinajstić information content (AvgIpc) is 3.40. The Labute approximate surface area is 449 Å². The van der Waals surface area contributed by atoms with Gasteiger partial charge < -0.3 is 65.1 Å². The number of hydrogen-bond acceptors (Lipinski definition) is 13. The molecule has 0 aromatic heterocycles. The summed E-state index contributed by atoms with van der Waals surface area (Å²) in [7, 11) is 0. The first-order valence-electron chi connectivity index (χ1n) is 30.2. The van der Waals surface area contributed by atoms with Crippen molar-refractivity contribution in [3.63, 3.8) is 0 Å². The molecule has 1 amide bonds. The van der Waals surface area contributed by atoms with E-state index in [9.17, 15) is 45.6 Å². The molecular formula is C60H111NO13. The van der Waals surface area contributed by atoms with Gasteiger partial charge in [0.15, 0.2) is 12.6 Å². The van der Waals surface area contributed by atoms with Gasteiger partial charge in [0, 0.05) is 6.42 Å². The lowest BCUT2D eigenvalue weighted by molar-refractivity contribution is -0.359. The number of amides is 1. The van der Waals surface area contributed by atoms with Gasteiger partial charge in [0.25, 0.3) is 0 Å². The van der Waals surface area contributed by atoms with Crippen LogP contribution >= 0.6 is 0 Å². The Balaban J connectivity index is 1.72. The number of nitrogens with one attached hydrogen (secondary N) is 1. The van der Waals surface area contributed by atoms with Crippen LogP contribution in [0, 0.1) is 0 Å². The predicted molar refractivity (Wildman–Crippen MR) is 295 cm³/mol. The Bertz CT molecular complexity index is 1380. The molecule has 0 saturated carbocycles. The Morgan fingerprint density at radius 3 is 1.43 bits per heavy atom. The van der Waals surface area contributed by atoms with Crippen LogP contribution in [0.2, 0.25) is 0 Å². The number of aliphatic hydroxyl groups excluding tert-OH is 8. The van der Waals surface area contributed by atoms with E-state index in [1.807, 2.05) is 0 Å². The van der Waals surface area contributed by atoms with Crippen molar-refractivity contribution in [2.45, 2.75) is 319 Å². The van der Waals surface area contributed by atoms with Crippen molar-refractivity contribution in [3.05, 3.63) is 36.5 Å². The smallest absolute Gasteiger partial charge is 0.220 e. The lowest BCUT2D eigenvalue weighted by Gasteiger charge is -2.46. The third-order valence-corrected chi connectivity index (χ3v) is 14.9. The molecule has 2 rings (SSSR count). The minimum atomic E-state index is -1.78. The first kappa shape index (κ1) is 68.3. The second-order valence-corrected chi connectivity index (χ2v) is 21.5. The van der Waals surface area contributed by atoms with Crippen molar-refractivity contribution in [3.8, 4) is 0 Å². The van der Waals surface area contributed by atoms with Gasteiger partial charge in [-0.25, -0.2) is 0 Å². The topological polar surface area (TPSA) is 228 Å². The maximum absolute atomic E-state index is 13.2. The zero-order chi connectivity index (χ0) is 53.9. The van der Waals surface area contributed by atoms with Gasteiger partial charge in [0.1, 0.15) is 48.8 Å². The minimum Gasteiger partial charge on any atom is -0.394 e. The standard InChI is InChI=1S/C60H111NO13/c1-3-5-7-9-11-13-15-17-19-20-21-22-23-24-25-26-27-28-30-31-33-35-37-39-41-43-49(64)48(61-52(65)44-42-40-38-36-34-32-29-18-16-14-12-10-8-6-4-2)47-71-59-57(70)55(68)58(51(46-63)73-59)74-60-56(69)54(67)53(66)50(45-62)72-60/h6,8,12,14,18,29,48-51,53-60,62-64,66-70H,3-5,7,9-11,13,15-17,19-28,30-47H2,1-2H3,(H,61,65)/b8-6-,14-12-,29-18-. The quantitative estimate of drug-likeness (QED) is 0.0204. The second kappa shape index (κ2) is 46.2. The molecule has 2 fully saturated rings. The number of aliphatic hydroxyl groups is 8. The Kier molecular flexibility index (Phi) is 42.6. The van der Waals surface area contributed by atoms with E-state index in [2.05, 4.69) is 55.6 Å². The van der Waals surface area contributed by atoms with Crippen molar-refractivity contribution in [1.29, 1.82) is 0 Å². The van der Waals surface area contributed by atoms with Crippen LogP contribution in [-0.4, -0.2) is 140 Å². The zero-order valence-corrected chi connectivity index (χ0v) is 46.6. The molecular weight excluding hydrogens is 943 g/mol. The van der Waals surface area contributed by atoms with E-state index in [1.54, 1.807) is 0 Å². The highest BCUT2D eigenvalue weighted by Crippen LogP contribution is 2.30. The molecule has 2 saturated heterocycles. The van der Waals surface area contributed by atoms with Crippen LogP contribution in [0.3, 0.4) is 0 Å². The van der Waals surface area contributed by atoms with Gasteiger partial charge in [0.05, 0.1) is 32.0 Å². The molecule has 12 atom stereocenters. The number of carbonyl (C=O) groups is 1. The van der Waals surface area contributed by atoms with E-state index in [0.717, 1.165) is 77.0 Å². The van der Waals surface area contributed by atoms with E-state index in [-0.39, 0.29) is 18.9 Å². The van der Waals surface area contributed by atoms with Crippen molar-refractivity contribution < 1.29 is 64.6 Å². The van der Waals surface area contributed by atoms with Crippen LogP contribution in [0.4, 0.5) is 0 Å². The summed E-state index contributed by atoms with van der Waals surface area (Å²) in [5.41, 5.74) is 0. The fourth-order valence-electron chi connectivity index (χ4n) is 10.0. The predicted octanol–water partition coefficient (Wildman–Crippen LogP) is 10.2. The van der Waals surface area contributed by atoms with E-state index in [0.29, 0.717) is 12.8 Å². The van der Waals surface area contributed by atoms with Gasteiger partial charge in [-0.05, 0) is 44.9 Å². The first-order valence-corrected chi connectivity index (χ1v) is 30.2. The Hall–Kier alpha value is -1.79. The van der Waals surface area contributed by atoms with E-state index >= 15 is 0 Å². The molecule has 14 heteroatoms. The molecule has 0 aromatic carbocycles. The number of allylic oxidation sites excluding steroid dienone is 6. The normalized spacial score (nSPS) is 25.4. The third kappa shape index (κ3) is 31.6. The summed E-state index contributed by atoms with van der Waals surface area (Å²) in [6.45, 7) is 2.75. The molecule has 74 heavy (non-hydrogen) atoms. The molecule has 434 valence electrons. The van der Waals surface area contributed by atoms with E-state index < -0.39 is 86.8 Å². The highest BCUT2D eigenvalue weighted by atomic mass is 16.7. The Morgan fingerprint density at radius 2 is 0.932 bits per heavy atom. The lowest BCUT2D eigenvalue weighted by atomic mass is 9.97. The van der Waals surface area contributed by atoms with Gasteiger partial charge in [-0.15, -0.1) is 0 Å². The highest BCUT2D eigenvalue weighted by molar-refractivity contribution is 5.76. The fraction of sp³-hybridized carbons (Fsp3) is 0.883. The SMILES string of the molecule is CC/C=C\C/C=C\C/C=C\CCCCCCCC(=O)NC(COC1OC(CO)C(OC2OC(CO)C(O)C(O)C2O)C(O)C1O)C(O)CCCCCCCCCCCCCCCCCCCCCCCCCCC.